The molecule has 1 saturated carbocycles. The van der Waals surface area contributed by atoms with E-state index in [-0.39, 0.29) is 5.41 Å². The van der Waals surface area contributed by atoms with Crippen LogP contribution in [0.4, 0.5) is 0 Å². The third-order valence-electron chi connectivity index (χ3n) is 6.40. The third kappa shape index (κ3) is 6.82. The molecule has 0 amide bonds. The molecule has 1 aromatic rings. The van der Waals surface area contributed by atoms with Crippen molar-refractivity contribution in [1.82, 2.24) is 4.31 Å². The van der Waals surface area contributed by atoms with E-state index in [9.17, 15) is 4.21 Å². The number of allylic oxidation sites excluding steroid dienone is 1. The Hall–Kier alpha value is -0.350. The van der Waals surface area contributed by atoms with E-state index in [0.29, 0.717) is 22.1 Å². The fraction of sp³-hybridized carbons (Fsp3) is 0.667. The Balaban J connectivity index is 1.91. The molecule has 0 bridgehead atoms. The fourth-order valence-corrected chi connectivity index (χ4v) is 5.82. The van der Waals surface area contributed by atoms with Gasteiger partial charge in [-0.3, -0.25) is 0 Å². The van der Waals surface area contributed by atoms with Crippen molar-refractivity contribution in [3.8, 4) is 0 Å². The van der Waals surface area contributed by atoms with Crippen molar-refractivity contribution < 1.29 is 4.21 Å². The highest BCUT2D eigenvalue weighted by molar-refractivity contribution is 7.81. The Bertz CT molecular complexity index is 719. The van der Waals surface area contributed by atoms with Crippen LogP contribution in [0.1, 0.15) is 84.1 Å². The quantitative estimate of drug-likeness (QED) is 0.219. The van der Waals surface area contributed by atoms with Crippen molar-refractivity contribution in [2.75, 3.05) is 6.26 Å². The van der Waals surface area contributed by atoms with E-state index in [1.165, 1.54) is 31.2 Å². The maximum Gasteiger partial charge on any atom is 0.0915 e. The van der Waals surface area contributed by atoms with E-state index >= 15 is 0 Å². The minimum absolute atomic E-state index is 0.0952. The van der Waals surface area contributed by atoms with Gasteiger partial charge in [0, 0.05) is 23.8 Å². The standard InChI is InChI=1S/C24H37Cl2NOS/c1-6-10-20(27(29(5)28)21-13-14-21)11-8-7-9-16-24(4,18(2)3)19-12-15-22(25)23(26)17-19/h12,15,17,20-21H,2,6-11,13-14,16H2,1,3-5H3. The van der Waals surface area contributed by atoms with Gasteiger partial charge in [-0.25, -0.2) is 8.51 Å². The highest BCUT2D eigenvalue weighted by Gasteiger charge is 2.35. The van der Waals surface area contributed by atoms with Crippen LogP contribution in [0.2, 0.25) is 10.0 Å². The molecule has 1 aliphatic rings. The lowest BCUT2D eigenvalue weighted by Gasteiger charge is -2.32. The maximum absolute atomic E-state index is 12.3. The first-order chi connectivity index (χ1) is 13.7. The summed E-state index contributed by atoms with van der Waals surface area (Å²) in [6, 6.07) is 6.96. The van der Waals surface area contributed by atoms with Gasteiger partial charge in [0.25, 0.3) is 0 Å². The SMILES string of the molecule is C=C(C)C(C)(CCCCCC(CCC)N(C1CC1)S(C)=O)c1ccc(Cl)c(Cl)c1. The summed E-state index contributed by atoms with van der Waals surface area (Å²) in [6.45, 7) is 10.8. The van der Waals surface area contributed by atoms with Crippen molar-refractivity contribution in [3.05, 3.63) is 46.0 Å². The molecule has 1 aliphatic carbocycles. The molecule has 164 valence electrons. The maximum atomic E-state index is 12.3. The van der Waals surface area contributed by atoms with Gasteiger partial charge in [0.1, 0.15) is 0 Å². The highest BCUT2D eigenvalue weighted by atomic mass is 35.5. The zero-order valence-corrected chi connectivity index (χ0v) is 20.8. The lowest BCUT2D eigenvalue weighted by Crippen LogP contribution is -2.38. The second kappa shape index (κ2) is 11.3. The summed E-state index contributed by atoms with van der Waals surface area (Å²) < 4.78 is 14.5. The molecule has 0 saturated heterocycles. The number of hydrogen-bond donors (Lipinski definition) is 0. The molecule has 29 heavy (non-hydrogen) atoms. The minimum atomic E-state index is -0.861. The van der Waals surface area contributed by atoms with Gasteiger partial charge in [0.05, 0.1) is 21.0 Å². The molecular weight excluding hydrogens is 421 g/mol. The number of hydrogen-bond acceptors (Lipinski definition) is 1. The molecule has 0 aliphatic heterocycles. The van der Waals surface area contributed by atoms with Gasteiger partial charge >= 0.3 is 0 Å². The van der Waals surface area contributed by atoms with E-state index in [1.807, 2.05) is 18.4 Å². The van der Waals surface area contributed by atoms with Crippen molar-refractivity contribution in [3.63, 3.8) is 0 Å². The van der Waals surface area contributed by atoms with Crippen LogP contribution >= 0.6 is 23.2 Å². The van der Waals surface area contributed by atoms with Gasteiger partial charge in [0.15, 0.2) is 0 Å². The monoisotopic (exact) mass is 457 g/mol. The van der Waals surface area contributed by atoms with Crippen LogP contribution in [0.5, 0.6) is 0 Å². The van der Waals surface area contributed by atoms with Crippen LogP contribution in [0.15, 0.2) is 30.4 Å². The Morgan fingerprint density at radius 3 is 2.45 bits per heavy atom. The zero-order chi connectivity index (χ0) is 21.6. The number of benzene rings is 1. The molecule has 0 spiro atoms. The topological polar surface area (TPSA) is 20.3 Å². The smallest absolute Gasteiger partial charge is 0.0915 e. The molecular formula is C24H37Cl2NOS. The summed E-state index contributed by atoms with van der Waals surface area (Å²) in [6.07, 6.45) is 12.2. The van der Waals surface area contributed by atoms with E-state index < -0.39 is 11.0 Å². The molecule has 0 aromatic heterocycles. The van der Waals surface area contributed by atoms with Crippen LogP contribution in [0.25, 0.3) is 0 Å². The average molecular weight is 459 g/mol. The van der Waals surface area contributed by atoms with Gasteiger partial charge in [-0.15, -0.1) is 0 Å². The van der Waals surface area contributed by atoms with E-state index in [0.717, 1.165) is 37.7 Å². The van der Waals surface area contributed by atoms with Crippen LogP contribution < -0.4 is 0 Å². The summed E-state index contributed by atoms with van der Waals surface area (Å²) >= 11 is 12.4. The third-order valence-corrected chi connectivity index (χ3v) is 8.33. The summed E-state index contributed by atoms with van der Waals surface area (Å²) in [5, 5.41) is 1.20. The summed E-state index contributed by atoms with van der Waals surface area (Å²) in [5.41, 5.74) is 2.24. The average Bonchev–Trinajstić information content (AvgIpc) is 3.48. The zero-order valence-electron chi connectivity index (χ0n) is 18.5. The molecule has 5 heteroatoms. The largest absolute Gasteiger partial charge is 0.243 e. The lowest BCUT2D eigenvalue weighted by atomic mass is 9.73. The second-order valence-electron chi connectivity index (χ2n) is 8.80. The fourth-order valence-electron chi connectivity index (χ4n) is 4.26. The first-order valence-corrected chi connectivity index (χ1v) is 13.2. The minimum Gasteiger partial charge on any atom is -0.243 e. The number of nitrogens with zero attached hydrogens (tertiary/aromatic N) is 1. The van der Waals surface area contributed by atoms with Crippen molar-refractivity contribution in [1.29, 1.82) is 0 Å². The molecule has 0 N–H and O–H groups in total. The lowest BCUT2D eigenvalue weighted by molar-refractivity contribution is 0.287. The molecule has 1 fully saturated rings. The van der Waals surface area contributed by atoms with E-state index in [1.54, 1.807) is 0 Å². The molecule has 1 aromatic carbocycles. The van der Waals surface area contributed by atoms with Crippen LogP contribution in [0, 0.1) is 0 Å². The van der Waals surface area contributed by atoms with Crippen molar-refractivity contribution in [2.24, 2.45) is 0 Å². The second-order valence-corrected chi connectivity index (χ2v) is 10.9. The number of halogens is 2. The van der Waals surface area contributed by atoms with Gasteiger partial charge in [0.2, 0.25) is 0 Å². The molecule has 3 atom stereocenters. The summed E-state index contributed by atoms with van der Waals surface area (Å²) in [4.78, 5) is 0. The van der Waals surface area contributed by atoms with Crippen LogP contribution in [-0.2, 0) is 16.4 Å². The molecule has 3 unspecified atom stereocenters. The van der Waals surface area contributed by atoms with Gasteiger partial charge < -0.3 is 0 Å². The highest BCUT2D eigenvalue weighted by Crippen LogP contribution is 2.39. The summed E-state index contributed by atoms with van der Waals surface area (Å²) in [5.74, 6) is 0. The molecule has 0 heterocycles. The van der Waals surface area contributed by atoms with Gasteiger partial charge in [-0.1, -0.05) is 81.0 Å². The Kier molecular flexibility index (Phi) is 9.73. The first kappa shape index (κ1) is 24.9. The van der Waals surface area contributed by atoms with E-state index in [4.69, 9.17) is 23.2 Å². The van der Waals surface area contributed by atoms with E-state index in [2.05, 4.69) is 37.7 Å². The number of unbranched alkanes of at least 4 members (excludes halogenated alkanes) is 2. The molecule has 2 rings (SSSR count). The Labute approximate surface area is 190 Å². The Morgan fingerprint density at radius 2 is 1.93 bits per heavy atom. The van der Waals surface area contributed by atoms with Crippen LogP contribution in [0.3, 0.4) is 0 Å². The molecule has 0 radical (unpaired) electrons. The molecule has 2 nitrogen and oxygen atoms in total. The van der Waals surface area contributed by atoms with Gasteiger partial charge in [-0.2, -0.15) is 0 Å². The predicted octanol–water partition coefficient (Wildman–Crippen LogP) is 7.70. The predicted molar refractivity (Wildman–Crippen MR) is 129 cm³/mol. The van der Waals surface area contributed by atoms with Crippen molar-refractivity contribution >= 4 is 34.2 Å². The Morgan fingerprint density at radius 1 is 1.24 bits per heavy atom. The number of rotatable bonds is 13. The van der Waals surface area contributed by atoms with Gasteiger partial charge in [-0.05, 0) is 56.7 Å². The van der Waals surface area contributed by atoms with Crippen LogP contribution in [-0.4, -0.2) is 26.9 Å². The first-order valence-electron chi connectivity index (χ1n) is 10.9. The summed E-state index contributed by atoms with van der Waals surface area (Å²) in [7, 11) is -0.861. The normalized spacial score (nSPS) is 18.4. The van der Waals surface area contributed by atoms with Crippen molar-refractivity contribution in [2.45, 2.75) is 96.1 Å².